The topological polar surface area (TPSA) is 26.3 Å². The van der Waals surface area contributed by atoms with Crippen LogP contribution in [-0.4, -0.2) is 13.1 Å². The molecule has 0 radical (unpaired) electrons. The van der Waals surface area contributed by atoms with Crippen LogP contribution in [-0.2, 0) is 4.74 Å². The highest BCUT2D eigenvalue weighted by Gasteiger charge is 2.13. The van der Waals surface area contributed by atoms with Crippen LogP contribution in [0.5, 0.6) is 0 Å². The average Bonchev–Trinajstić information content (AvgIpc) is 2.02. The highest BCUT2D eigenvalue weighted by atomic mass is 35.5. The second-order valence-corrected chi connectivity index (χ2v) is 3.34. The Morgan fingerprint density at radius 1 is 1.38 bits per heavy atom. The summed E-state index contributed by atoms with van der Waals surface area (Å²) in [4.78, 5) is 11.3. The van der Waals surface area contributed by atoms with Crippen LogP contribution in [0.4, 0.5) is 0 Å². The van der Waals surface area contributed by atoms with Gasteiger partial charge in [0.2, 0.25) is 0 Å². The molecule has 1 rings (SSSR count). The van der Waals surface area contributed by atoms with Crippen LogP contribution < -0.4 is 0 Å². The van der Waals surface area contributed by atoms with Crippen molar-refractivity contribution in [2.75, 3.05) is 7.11 Å². The van der Waals surface area contributed by atoms with Crippen molar-refractivity contribution in [1.82, 2.24) is 0 Å². The van der Waals surface area contributed by atoms with Gasteiger partial charge in [0.15, 0.2) is 0 Å². The normalized spacial score (nSPS) is 9.85. The standard InChI is InChI=1S/C10H11ClO2/c1-6-4-7(2)9(8(11)5-6)10(12)13-3/h4-5H,1-3H3. The largest absolute Gasteiger partial charge is 0.465 e. The van der Waals surface area contributed by atoms with Crippen LogP contribution in [0.3, 0.4) is 0 Å². The molecule has 0 saturated carbocycles. The Hall–Kier alpha value is -1.02. The van der Waals surface area contributed by atoms with Gasteiger partial charge in [-0.15, -0.1) is 0 Å². The van der Waals surface area contributed by atoms with Crippen LogP contribution in [0.1, 0.15) is 21.5 Å². The summed E-state index contributed by atoms with van der Waals surface area (Å²) in [5.74, 6) is -0.387. The Morgan fingerprint density at radius 3 is 2.46 bits per heavy atom. The molecule has 0 bridgehead atoms. The molecule has 2 nitrogen and oxygen atoms in total. The number of halogens is 1. The van der Waals surface area contributed by atoms with E-state index in [-0.39, 0.29) is 5.97 Å². The summed E-state index contributed by atoms with van der Waals surface area (Å²) in [5.41, 5.74) is 2.33. The van der Waals surface area contributed by atoms with Crippen molar-refractivity contribution in [2.45, 2.75) is 13.8 Å². The molecular formula is C10H11ClO2. The summed E-state index contributed by atoms with van der Waals surface area (Å²) in [6.45, 7) is 3.77. The molecule has 0 amide bonds. The first kappa shape index (κ1) is 10.1. The minimum absolute atomic E-state index is 0.387. The maximum Gasteiger partial charge on any atom is 0.339 e. The summed E-state index contributed by atoms with van der Waals surface area (Å²) < 4.78 is 4.61. The molecule has 0 spiro atoms. The van der Waals surface area contributed by atoms with Gasteiger partial charge in [-0.1, -0.05) is 17.7 Å². The van der Waals surface area contributed by atoms with Crippen molar-refractivity contribution in [1.29, 1.82) is 0 Å². The zero-order valence-corrected chi connectivity index (χ0v) is 8.61. The lowest BCUT2D eigenvalue weighted by atomic mass is 10.1. The maximum absolute atomic E-state index is 11.3. The number of carbonyl (C=O) groups excluding carboxylic acids is 1. The van der Waals surface area contributed by atoms with Gasteiger partial charge in [-0.25, -0.2) is 4.79 Å². The Balaban J connectivity index is 3.28. The smallest absolute Gasteiger partial charge is 0.339 e. The van der Waals surface area contributed by atoms with Crippen molar-refractivity contribution >= 4 is 17.6 Å². The minimum Gasteiger partial charge on any atom is -0.465 e. The van der Waals surface area contributed by atoms with E-state index in [1.807, 2.05) is 19.9 Å². The SMILES string of the molecule is COC(=O)c1c(C)cc(C)cc1Cl. The molecule has 0 heterocycles. The van der Waals surface area contributed by atoms with Gasteiger partial charge in [0.05, 0.1) is 17.7 Å². The van der Waals surface area contributed by atoms with Gasteiger partial charge >= 0.3 is 5.97 Å². The first-order valence-electron chi connectivity index (χ1n) is 3.91. The lowest BCUT2D eigenvalue weighted by Crippen LogP contribution is -2.05. The summed E-state index contributed by atoms with van der Waals surface area (Å²) >= 11 is 5.91. The van der Waals surface area contributed by atoms with E-state index in [0.717, 1.165) is 11.1 Å². The van der Waals surface area contributed by atoms with E-state index in [9.17, 15) is 4.79 Å². The third-order valence-corrected chi connectivity index (χ3v) is 2.12. The molecule has 0 atom stereocenters. The van der Waals surface area contributed by atoms with Crippen molar-refractivity contribution in [3.8, 4) is 0 Å². The zero-order valence-electron chi connectivity index (χ0n) is 7.85. The number of carbonyl (C=O) groups is 1. The first-order chi connectivity index (χ1) is 6.06. The van der Waals surface area contributed by atoms with E-state index in [0.29, 0.717) is 10.6 Å². The second-order valence-electron chi connectivity index (χ2n) is 2.93. The third kappa shape index (κ3) is 2.01. The first-order valence-corrected chi connectivity index (χ1v) is 4.29. The van der Waals surface area contributed by atoms with Crippen molar-refractivity contribution in [3.63, 3.8) is 0 Å². The minimum atomic E-state index is -0.387. The van der Waals surface area contributed by atoms with Crippen LogP contribution in [0, 0.1) is 13.8 Å². The predicted molar refractivity (Wildman–Crippen MR) is 52.3 cm³/mol. The average molecular weight is 199 g/mol. The highest BCUT2D eigenvalue weighted by Crippen LogP contribution is 2.22. The summed E-state index contributed by atoms with van der Waals surface area (Å²) in [6, 6.07) is 3.65. The highest BCUT2D eigenvalue weighted by molar-refractivity contribution is 6.33. The van der Waals surface area contributed by atoms with Crippen molar-refractivity contribution in [3.05, 3.63) is 33.8 Å². The molecule has 0 N–H and O–H groups in total. The Labute approximate surface area is 82.5 Å². The lowest BCUT2D eigenvalue weighted by Gasteiger charge is -2.06. The number of esters is 1. The molecule has 1 aromatic carbocycles. The molecule has 0 aromatic heterocycles. The quantitative estimate of drug-likeness (QED) is 0.649. The monoisotopic (exact) mass is 198 g/mol. The number of aryl methyl sites for hydroxylation is 2. The number of hydrogen-bond acceptors (Lipinski definition) is 2. The Kier molecular flexibility index (Phi) is 2.94. The Morgan fingerprint density at radius 2 is 2.00 bits per heavy atom. The maximum atomic E-state index is 11.3. The molecule has 0 saturated heterocycles. The summed E-state index contributed by atoms with van der Waals surface area (Å²) in [5, 5.41) is 0.448. The van der Waals surface area contributed by atoms with Crippen molar-refractivity contribution in [2.24, 2.45) is 0 Å². The van der Waals surface area contributed by atoms with Crippen LogP contribution in [0.15, 0.2) is 12.1 Å². The predicted octanol–water partition coefficient (Wildman–Crippen LogP) is 2.74. The fourth-order valence-electron chi connectivity index (χ4n) is 1.28. The molecule has 0 aliphatic heterocycles. The summed E-state index contributed by atoms with van der Waals surface area (Å²) in [7, 11) is 1.35. The van der Waals surface area contributed by atoms with Crippen molar-refractivity contribution < 1.29 is 9.53 Å². The van der Waals surface area contributed by atoms with Gasteiger partial charge in [0, 0.05) is 0 Å². The van der Waals surface area contributed by atoms with Gasteiger partial charge in [0.1, 0.15) is 0 Å². The number of hydrogen-bond donors (Lipinski definition) is 0. The van der Waals surface area contributed by atoms with Crippen LogP contribution in [0.2, 0.25) is 5.02 Å². The van der Waals surface area contributed by atoms with E-state index < -0.39 is 0 Å². The van der Waals surface area contributed by atoms with E-state index in [1.165, 1.54) is 7.11 Å². The Bertz CT molecular complexity index is 322. The van der Waals surface area contributed by atoms with Gasteiger partial charge in [-0.3, -0.25) is 0 Å². The zero-order chi connectivity index (χ0) is 10.0. The molecule has 0 unspecified atom stereocenters. The fourth-order valence-corrected chi connectivity index (χ4v) is 1.67. The fraction of sp³-hybridized carbons (Fsp3) is 0.300. The van der Waals surface area contributed by atoms with Crippen LogP contribution >= 0.6 is 11.6 Å². The van der Waals surface area contributed by atoms with Gasteiger partial charge in [0.25, 0.3) is 0 Å². The van der Waals surface area contributed by atoms with Gasteiger partial charge in [-0.2, -0.15) is 0 Å². The molecule has 0 aliphatic rings. The number of methoxy groups -OCH3 is 1. The molecule has 0 fully saturated rings. The van der Waals surface area contributed by atoms with E-state index in [1.54, 1.807) is 6.07 Å². The lowest BCUT2D eigenvalue weighted by molar-refractivity contribution is 0.0600. The van der Waals surface area contributed by atoms with Gasteiger partial charge in [-0.05, 0) is 31.0 Å². The van der Waals surface area contributed by atoms with Gasteiger partial charge < -0.3 is 4.74 Å². The van der Waals surface area contributed by atoms with E-state index in [2.05, 4.69) is 4.74 Å². The number of benzene rings is 1. The number of rotatable bonds is 1. The molecule has 1 aromatic rings. The second kappa shape index (κ2) is 3.79. The molecule has 13 heavy (non-hydrogen) atoms. The number of ether oxygens (including phenoxy) is 1. The van der Waals surface area contributed by atoms with Crippen LogP contribution in [0.25, 0.3) is 0 Å². The van der Waals surface area contributed by atoms with E-state index in [4.69, 9.17) is 11.6 Å². The van der Waals surface area contributed by atoms with E-state index >= 15 is 0 Å². The summed E-state index contributed by atoms with van der Waals surface area (Å²) in [6.07, 6.45) is 0. The molecule has 3 heteroatoms. The molecular weight excluding hydrogens is 188 g/mol. The molecule has 0 aliphatic carbocycles. The molecule has 70 valence electrons. The third-order valence-electron chi connectivity index (χ3n) is 1.82.